The zero-order chi connectivity index (χ0) is 9.80. The molecule has 2 aliphatic heterocycles. The molecule has 2 rings (SSSR count). The number of allylic oxidation sites excluding steroid dienone is 3. The number of alkyl carbamates (subject to hydrolysis) is 1. The van der Waals surface area contributed by atoms with Crippen molar-refractivity contribution >= 4 is 6.09 Å². The fourth-order valence-electron chi connectivity index (χ4n) is 1.80. The van der Waals surface area contributed by atoms with Gasteiger partial charge in [-0.05, 0) is 38.1 Å². The molecule has 0 aromatic rings. The average Bonchev–Trinajstić information content (AvgIpc) is 2.44. The number of ether oxygens (including phenoxy) is 1. The van der Waals surface area contributed by atoms with Gasteiger partial charge in [-0.3, -0.25) is 5.32 Å². The third kappa shape index (κ3) is 2.14. The van der Waals surface area contributed by atoms with Crippen molar-refractivity contribution in [2.75, 3.05) is 13.1 Å². The second-order valence-electron chi connectivity index (χ2n) is 3.51. The zero-order valence-corrected chi connectivity index (χ0v) is 7.95. The molecular formula is C10H14N2O2. The third-order valence-electron chi connectivity index (χ3n) is 2.55. The monoisotopic (exact) mass is 194 g/mol. The summed E-state index contributed by atoms with van der Waals surface area (Å²) in [6.45, 7) is 2.03. The molecule has 14 heavy (non-hydrogen) atoms. The molecule has 2 heterocycles. The van der Waals surface area contributed by atoms with Crippen LogP contribution in [0.15, 0.2) is 24.1 Å². The van der Waals surface area contributed by atoms with Crippen LogP contribution < -0.4 is 10.6 Å². The standard InChI is InChI=1S/C10H14N2O2/c13-10-12-9(2-1-7-14-10)8-3-5-11-6-4-8/h1-2,7-8,11H,3-6H2,(H,12,13). The molecule has 0 radical (unpaired) electrons. The lowest BCUT2D eigenvalue weighted by Crippen LogP contribution is -2.33. The Balaban J connectivity index is 2.04. The van der Waals surface area contributed by atoms with E-state index in [2.05, 4.69) is 10.6 Å². The van der Waals surface area contributed by atoms with Gasteiger partial charge in [0, 0.05) is 11.6 Å². The number of hydrogen-bond acceptors (Lipinski definition) is 3. The lowest BCUT2D eigenvalue weighted by Gasteiger charge is -2.24. The van der Waals surface area contributed by atoms with Gasteiger partial charge < -0.3 is 10.1 Å². The van der Waals surface area contributed by atoms with E-state index in [1.807, 2.05) is 6.08 Å². The highest BCUT2D eigenvalue weighted by Crippen LogP contribution is 2.20. The summed E-state index contributed by atoms with van der Waals surface area (Å²) in [5.41, 5.74) is 0.977. The fourth-order valence-corrected chi connectivity index (χ4v) is 1.80. The highest BCUT2D eigenvalue weighted by atomic mass is 16.5. The number of nitrogens with one attached hydrogen (secondary N) is 2. The first kappa shape index (κ1) is 9.27. The quantitative estimate of drug-likeness (QED) is 0.657. The Morgan fingerprint density at radius 3 is 2.93 bits per heavy atom. The number of piperidine rings is 1. The molecule has 0 spiro atoms. The Labute approximate surface area is 83.0 Å². The Kier molecular flexibility index (Phi) is 2.84. The van der Waals surface area contributed by atoms with Crippen LogP contribution in [-0.4, -0.2) is 19.2 Å². The highest BCUT2D eigenvalue weighted by Gasteiger charge is 2.19. The Morgan fingerprint density at radius 1 is 1.36 bits per heavy atom. The summed E-state index contributed by atoms with van der Waals surface area (Å²) in [7, 11) is 0. The van der Waals surface area contributed by atoms with Gasteiger partial charge in [-0.1, -0.05) is 0 Å². The minimum absolute atomic E-state index is 0.386. The molecular weight excluding hydrogens is 180 g/mol. The molecule has 0 atom stereocenters. The van der Waals surface area contributed by atoms with Gasteiger partial charge in [-0.2, -0.15) is 0 Å². The molecule has 76 valence electrons. The number of cyclic esters (lactones) is 1. The molecule has 0 unspecified atom stereocenters. The number of rotatable bonds is 1. The van der Waals surface area contributed by atoms with Gasteiger partial charge in [0.25, 0.3) is 0 Å². The first-order valence-electron chi connectivity index (χ1n) is 4.91. The lowest BCUT2D eigenvalue weighted by molar-refractivity contribution is 0.187. The van der Waals surface area contributed by atoms with Gasteiger partial charge in [0.15, 0.2) is 0 Å². The highest BCUT2D eigenvalue weighted by molar-refractivity contribution is 5.71. The Hall–Kier alpha value is -1.29. The van der Waals surface area contributed by atoms with Crippen LogP contribution in [0.1, 0.15) is 12.8 Å². The van der Waals surface area contributed by atoms with Crippen LogP contribution in [0.5, 0.6) is 0 Å². The summed E-state index contributed by atoms with van der Waals surface area (Å²) in [5, 5.41) is 6.05. The van der Waals surface area contributed by atoms with Crippen LogP contribution in [0.2, 0.25) is 0 Å². The first-order valence-corrected chi connectivity index (χ1v) is 4.91. The van der Waals surface area contributed by atoms with Crippen molar-refractivity contribution in [3.8, 4) is 0 Å². The van der Waals surface area contributed by atoms with Crippen molar-refractivity contribution < 1.29 is 9.53 Å². The van der Waals surface area contributed by atoms with E-state index < -0.39 is 0 Å². The van der Waals surface area contributed by atoms with Gasteiger partial charge in [0.2, 0.25) is 0 Å². The summed E-state index contributed by atoms with van der Waals surface area (Å²) < 4.78 is 4.73. The van der Waals surface area contributed by atoms with Gasteiger partial charge in [0.05, 0.1) is 6.26 Å². The van der Waals surface area contributed by atoms with E-state index in [-0.39, 0.29) is 6.09 Å². The zero-order valence-electron chi connectivity index (χ0n) is 7.95. The van der Waals surface area contributed by atoms with Gasteiger partial charge in [-0.25, -0.2) is 4.79 Å². The average molecular weight is 194 g/mol. The number of amides is 1. The molecule has 1 amide bonds. The van der Waals surface area contributed by atoms with Crippen LogP contribution in [0.25, 0.3) is 0 Å². The minimum Gasteiger partial charge on any atom is -0.418 e. The third-order valence-corrected chi connectivity index (χ3v) is 2.55. The maximum Gasteiger partial charge on any atom is 0.416 e. The predicted molar refractivity (Wildman–Crippen MR) is 52.4 cm³/mol. The summed E-state index contributed by atoms with van der Waals surface area (Å²) in [6.07, 6.45) is 6.84. The molecule has 0 aromatic heterocycles. The SMILES string of the molecule is O=C1NC(C2CCNCC2)=CC=CO1. The van der Waals surface area contributed by atoms with Crippen molar-refractivity contribution in [3.63, 3.8) is 0 Å². The Morgan fingerprint density at radius 2 is 2.14 bits per heavy atom. The Bertz CT molecular complexity index is 278. The summed E-state index contributed by atoms with van der Waals surface area (Å²) in [4.78, 5) is 11.1. The van der Waals surface area contributed by atoms with Crippen LogP contribution in [0.4, 0.5) is 4.79 Å². The molecule has 4 heteroatoms. The summed E-state index contributed by atoms with van der Waals surface area (Å²) in [5.74, 6) is 0.451. The van der Waals surface area contributed by atoms with Crippen molar-refractivity contribution in [3.05, 3.63) is 24.1 Å². The predicted octanol–water partition coefficient (Wildman–Crippen LogP) is 1.12. The smallest absolute Gasteiger partial charge is 0.416 e. The molecule has 0 aliphatic carbocycles. The van der Waals surface area contributed by atoms with Gasteiger partial charge in [0.1, 0.15) is 0 Å². The summed E-state index contributed by atoms with van der Waals surface area (Å²) >= 11 is 0. The maximum absolute atomic E-state index is 11.1. The van der Waals surface area contributed by atoms with Crippen molar-refractivity contribution in [2.24, 2.45) is 5.92 Å². The van der Waals surface area contributed by atoms with E-state index in [1.165, 1.54) is 6.26 Å². The van der Waals surface area contributed by atoms with Crippen LogP contribution in [-0.2, 0) is 4.74 Å². The molecule has 2 N–H and O–H groups in total. The molecule has 1 saturated heterocycles. The molecule has 0 bridgehead atoms. The number of carbonyl (C=O) groups is 1. The fraction of sp³-hybridized carbons (Fsp3) is 0.500. The second kappa shape index (κ2) is 4.28. The van der Waals surface area contributed by atoms with E-state index in [0.29, 0.717) is 5.92 Å². The van der Waals surface area contributed by atoms with Gasteiger partial charge >= 0.3 is 6.09 Å². The summed E-state index contributed by atoms with van der Waals surface area (Å²) in [6, 6.07) is 0. The molecule has 0 saturated carbocycles. The molecule has 1 fully saturated rings. The molecule has 4 nitrogen and oxygen atoms in total. The van der Waals surface area contributed by atoms with E-state index in [0.717, 1.165) is 31.6 Å². The van der Waals surface area contributed by atoms with Crippen LogP contribution in [0.3, 0.4) is 0 Å². The lowest BCUT2D eigenvalue weighted by atomic mass is 9.94. The van der Waals surface area contributed by atoms with Gasteiger partial charge in [-0.15, -0.1) is 0 Å². The largest absolute Gasteiger partial charge is 0.418 e. The topological polar surface area (TPSA) is 50.4 Å². The van der Waals surface area contributed by atoms with Crippen molar-refractivity contribution in [2.45, 2.75) is 12.8 Å². The number of carbonyl (C=O) groups excluding carboxylic acids is 1. The van der Waals surface area contributed by atoms with E-state index in [9.17, 15) is 4.79 Å². The molecule has 0 aromatic carbocycles. The second-order valence-corrected chi connectivity index (χ2v) is 3.51. The van der Waals surface area contributed by atoms with Crippen molar-refractivity contribution in [1.82, 2.24) is 10.6 Å². The number of hydrogen-bond donors (Lipinski definition) is 2. The van der Waals surface area contributed by atoms with E-state index >= 15 is 0 Å². The van der Waals surface area contributed by atoms with Crippen molar-refractivity contribution in [1.29, 1.82) is 0 Å². The van der Waals surface area contributed by atoms with E-state index in [4.69, 9.17) is 4.74 Å². The first-order chi connectivity index (χ1) is 6.86. The normalized spacial score (nSPS) is 23.4. The molecule has 2 aliphatic rings. The van der Waals surface area contributed by atoms with E-state index in [1.54, 1.807) is 6.08 Å². The minimum atomic E-state index is -0.386. The maximum atomic E-state index is 11.1. The van der Waals surface area contributed by atoms with Crippen LogP contribution in [0, 0.1) is 5.92 Å². The van der Waals surface area contributed by atoms with Crippen LogP contribution >= 0.6 is 0 Å².